The molecule has 534 valence electrons. The standard InChI is InChI=1S/C104H86N4OS/c1-5-16-75(17-6-1)77-30-40-85(41-31-77)105(86-46-36-81(37-47-86)103-63-69-54-70(64-103)56-71(55-69)65-103)91-50-52-98-94(61-91)95-62-92(51-53-99(95)109-98)106(83-21-9-3-10-22-83)90-25-13-20-80(60-90)79-34-44-87(45-35-79)107(89-48-38-82(39-49-89)104-66-72-57-73(67-104)59-74(58-72)68-104)96-27-15-29-100-101(96)93-26-14-28-97(102(93)110-100)108(84-23-11-4-12-24-84)88-42-32-78(33-43-88)76-18-7-2-8-19-76/h1-53,60-62,69-74H,54-59,63-68H2. The van der Waals surface area contributed by atoms with Crippen molar-refractivity contribution in [2.75, 3.05) is 19.6 Å². The number of nitrogens with zero attached hydrogens (tertiary/aromatic N) is 4. The summed E-state index contributed by atoms with van der Waals surface area (Å²) in [5, 5.41) is 4.65. The van der Waals surface area contributed by atoms with E-state index in [2.05, 4.69) is 359 Å². The first kappa shape index (κ1) is 65.4. The lowest BCUT2D eigenvalue weighted by atomic mass is 9.48. The van der Waals surface area contributed by atoms with Crippen LogP contribution in [0.2, 0.25) is 0 Å². The maximum atomic E-state index is 6.80. The number of para-hydroxylation sites is 2. The Morgan fingerprint density at radius 1 is 0.245 bits per heavy atom. The summed E-state index contributed by atoms with van der Waals surface area (Å²) >= 11 is 1.89. The Hall–Kier alpha value is -11.7. The van der Waals surface area contributed by atoms with E-state index >= 15 is 0 Å². The molecule has 0 radical (unpaired) electrons. The lowest BCUT2D eigenvalue weighted by molar-refractivity contribution is -0.00530. The number of rotatable bonds is 17. The molecule has 16 aromatic rings. The molecule has 8 aliphatic rings. The van der Waals surface area contributed by atoms with Crippen LogP contribution in [0.5, 0.6) is 0 Å². The number of furan rings is 1. The molecule has 0 unspecified atom stereocenters. The SMILES string of the molecule is c1ccc(-c2ccc(N(c3ccc(C45CC6CC(CC(C6)C4)C5)cc3)c3ccc4oc5ccc(N(c6ccccc6)c6cccc(-c7ccc(N(c8ccc(C9%10CC%11CC(CC(C%11)C9)C%10)cc8)c8cccc9sc%10c(N(c%11ccccc%11)c%11ccc(-c%12ccccc%12)cc%11)cccc%10c89)cc7)c6)cc5c4c3)cc2)cc1. The first-order valence-electron chi connectivity index (χ1n) is 40.3. The second-order valence-corrected chi connectivity index (χ2v) is 34.3. The molecule has 6 heteroatoms. The molecular formula is C104H86N4OS. The third-order valence-electron chi connectivity index (χ3n) is 26.5. The number of benzene rings is 14. The topological polar surface area (TPSA) is 26.1 Å². The summed E-state index contributed by atoms with van der Waals surface area (Å²) in [5.41, 5.74) is 25.9. The van der Waals surface area contributed by atoms with Gasteiger partial charge in [-0.25, -0.2) is 0 Å². The van der Waals surface area contributed by atoms with Gasteiger partial charge in [-0.05, 0) is 320 Å². The zero-order chi connectivity index (χ0) is 72.4. The third-order valence-corrected chi connectivity index (χ3v) is 27.7. The predicted molar refractivity (Wildman–Crippen MR) is 461 cm³/mol. The molecule has 8 aliphatic carbocycles. The van der Waals surface area contributed by atoms with Crippen molar-refractivity contribution in [3.63, 3.8) is 0 Å². The van der Waals surface area contributed by atoms with E-state index in [0.29, 0.717) is 10.8 Å². The lowest BCUT2D eigenvalue weighted by Crippen LogP contribution is -2.48. The highest BCUT2D eigenvalue weighted by atomic mass is 32.1. The lowest BCUT2D eigenvalue weighted by Gasteiger charge is -2.57. The van der Waals surface area contributed by atoms with Crippen LogP contribution in [-0.2, 0) is 10.8 Å². The Kier molecular flexibility index (Phi) is 15.8. The molecule has 0 amide bonds. The Morgan fingerprint density at radius 2 is 0.564 bits per heavy atom. The van der Waals surface area contributed by atoms with Crippen LogP contribution >= 0.6 is 11.3 Å². The zero-order valence-electron chi connectivity index (χ0n) is 61.9. The summed E-state index contributed by atoms with van der Waals surface area (Å²) in [6, 6.07) is 127. The normalized spacial score (nSPS) is 21.5. The van der Waals surface area contributed by atoms with Gasteiger partial charge in [-0.2, -0.15) is 0 Å². The predicted octanol–water partition coefficient (Wildman–Crippen LogP) is 29.8. The van der Waals surface area contributed by atoms with Crippen molar-refractivity contribution in [1.82, 2.24) is 0 Å². The third kappa shape index (κ3) is 11.5. The van der Waals surface area contributed by atoms with Crippen LogP contribution in [0.3, 0.4) is 0 Å². The molecule has 0 spiro atoms. The molecule has 0 aliphatic heterocycles. The van der Waals surface area contributed by atoms with Gasteiger partial charge in [0.25, 0.3) is 0 Å². The highest BCUT2D eigenvalue weighted by Crippen LogP contribution is 2.63. The highest BCUT2D eigenvalue weighted by Gasteiger charge is 2.53. The summed E-state index contributed by atoms with van der Waals surface area (Å²) in [5.74, 6) is 5.30. The maximum absolute atomic E-state index is 6.80. The van der Waals surface area contributed by atoms with Crippen molar-refractivity contribution in [3.05, 3.63) is 351 Å². The van der Waals surface area contributed by atoms with Gasteiger partial charge in [-0.1, -0.05) is 188 Å². The minimum Gasteiger partial charge on any atom is -0.456 e. The van der Waals surface area contributed by atoms with Gasteiger partial charge in [0.1, 0.15) is 11.2 Å². The van der Waals surface area contributed by atoms with E-state index < -0.39 is 0 Å². The van der Waals surface area contributed by atoms with Crippen LogP contribution in [0.1, 0.15) is 88.2 Å². The van der Waals surface area contributed by atoms with E-state index in [0.717, 1.165) is 125 Å². The van der Waals surface area contributed by atoms with Crippen LogP contribution in [0.4, 0.5) is 68.2 Å². The molecule has 0 saturated heterocycles. The van der Waals surface area contributed by atoms with Crippen molar-refractivity contribution in [1.29, 1.82) is 0 Å². The molecule has 2 heterocycles. The Morgan fingerprint density at radius 3 is 1.03 bits per heavy atom. The van der Waals surface area contributed by atoms with E-state index in [1.165, 1.54) is 131 Å². The minimum absolute atomic E-state index is 0.294. The summed E-state index contributed by atoms with van der Waals surface area (Å²) in [4.78, 5) is 9.83. The Balaban J connectivity index is 0.622. The van der Waals surface area contributed by atoms with E-state index in [1.54, 1.807) is 11.1 Å². The van der Waals surface area contributed by atoms with Gasteiger partial charge in [-0.15, -0.1) is 11.3 Å². The van der Waals surface area contributed by atoms with Crippen molar-refractivity contribution >= 4 is 122 Å². The van der Waals surface area contributed by atoms with E-state index in [9.17, 15) is 0 Å². The number of thiophene rings is 1. The number of fused-ring (bicyclic) bond motifs is 6. The van der Waals surface area contributed by atoms with E-state index in [1.807, 2.05) is 11.3 Å². The second-order valence-electron chi connectivity index (χ2n) is 33.3. The molecule has 5 nitrogen and oxygen atoms in total. The quantitative estimate of drug-likeness (QED) is 0.0905. The Labute approximate surface area is 649 Å². The molecule has 8 fully saturated rings. The molecule has 0 atom stereocenters. The van der Waals surface area contributed by atoms with Gasteiger partial charge in [0, 0.05) is 83.1 Å². The number of anilines is 12. The molecule has 110 heavy (non-hydrogen) atoms. The van der Waals surface area contributed by atoms with Gasteiger partial charge in [0.2, 0.25) is 0 Å². The van der Waals surface area contributed by atoms with Gasteiger partial charge in [0.05, 0.1) is 16.1 Å². The van der Waals surface area contributed by atoms with E-state index in [4.69, 9.17) is 4.42 Å². The fraction of sp³-hybridized carbons (Fsp3) is 0.192. The van der Waals surface area contributed by atoms with Crippen LogP contribution < -0.4 is 19.6 Å². The molecule has 14 aromatic carbocycles. The molecule has 8 saturated carbocycles. The van der Waals surface area contributed by atoms with E-state index in [-0.39, 0.29) is 0 Å². The summed E-state index contributed by atoms with van der Waals surface area (Å²) in [6.45, 7) is 0. The largest absolute Gasteiger partial charge is 0.456 e. The number of hydrogen-bond acceptors (Lipinski definition) is 6. The van der Waals surface area contributed by atoms with Crippen molar-refractivity contribution in [2.45, 2.75) is 87.9 Å². The Bertz CT molecular complexity index is 6020. The summed E-state index contributed by atoms with van der Waals surface area (Å²) in [6.07, 6.45) is 16.7. The number of hydrogen-bond donors (Lipinski definition) is 0. The van der Waals surface area contributed by atoms with Crippen LogP contribution in [0, 0.1) is 35.5 Å². The molecule has 24 rings (SSSR count). The monoisotopic (exact) mass is 1440 g/mol. The van der Waals surface area contributed by atoms with Gasteiger partial charge in [-0.3, -0.25) is 0 Å². The highest BCUT2D eigenvalue weighted by molar-refractivity contribution is 7.26. The zero-order valence-corrected chi connectivity index (χ0v) is 62.7. The molecular weight excluding hydrogens is 1350 g/mol. The summed E-state index contributed by atoms with van der Waals surface area (Å²) in [7, 11) is 0. The second kappa shape index (κ2) is 26.6. The smallest absolute Gasteiger partial charge is 0.135 e. The van der Waals surface area contributed by atoms with Gasteiger partial charge >= 0.3 is 0 Å². The minimum atomic E-state index is 0.294. The average Bonchev–Trinajstić information content (AvgIpc) is 1.06. The molecule has 0 N–H and O–H groups in total. The van der Waals surface area contributed by atoms with Crippen LogP contribution in [0.15, 0.2) is 344 Å². The summed E-state index contributed by atoms with van der Waals surface area (Å²) < 4.78 is 9.31. The van der Waals surface area contributed by atoms with Gasteiger partial charge in [0.15, 0.2) is 0 Å². The fourth-order valence-electron chi connectivity index (χ4n) is 22.5. The molecule has 2 aromatic heterocycles. The van der Waals surface area contributed by atoms with Crippen molar-refractivity contribution in [2.24, 2.45) is 35.5 Å². The fourth-order valence-corrected chi connectivity index (χ4v) is 23.7. The van der Waals surface area contributed by atoms with Crippen molar-refractivity contribution < 1.29 is 4.42 Å². The first-order chi connectivity index (χ1) is 54.3. The van der Waals surface area contributed by atoms with Gasteiger partial charge < -0.3 is 24.0 Å². The average molecular weight is 1440 g/mol. The first-order valence-corrected chi connectivity index (χ1v) is 41.1. The van der Waals surface area contributed by atoms with Crippen molar-refractivity contribution in [3.8, 4) is 33.4 Å². The maximum Gasteiger partial charge on any atom is 0.135 e. The van der Waals surface area contributed by atoms with Crippen LogP contribution in [0.25, 0.3) is 75.5 Å². The van der Waals surface area contributed by atoms with Crippen LogP contribution in [-0.4, -0.2) is 0 Å². The molecule has 8 bridgehead atoms.